The monoisotopic (exact) mass is 383 g/mol. The fourth-order valence-electron chi connectivity index (χ4n) is 7.99. The Morgan fingerprint density at radius 1 is 1.18 bits per heavy atom. The molecular weight excluding hydrogens is 346 g/mol. The van der Waals surface area contributed by atoms with Crippen molar-refractivity contribution in [2.45, 2.75) is 71.3 Å². The first-order chi connectivity index (χ1) is 13.5. The van der Waals surface area contributed by atoms with Gasteiger partial charge in [0.1, 0.15) is 0 Å². The molecule has 0 aromatic rings. The van der Waals surface area contributed by atoms with Crippen LogP contribution in [0.15, 0.2) is 35.1 Å². The van der Waals surface area contributed by atoms with E-state index in [1.807, 2.05) is 6.08 Å². The van der Waals surface area contributed by atoms with Crippen LogP contribution >= 0.6 is 0 Å². The molecule has 2 N–H and O–H groups in total. The smallest absolute Gasteiger partial charge is 0.0615 e. The third kappa shape index (κ3) is 2.61. The van der Waals surface area contributed by atoms with Crippen molar-refractivity contribution in [3.05, 3.63) is 35.1 Å². The van der Waals surface area contributed by atoms with Gasteiger partial charge in [-0.15, -0.1) is 0 Å². The molecule has 3 heteroatoms. The number of hydrogen-bond donors (Lipinski definition) is 2. The second kappa shape index (κ2) is 6.74. The Bertz CT molecular complexity index is 731. The van der Waals surface area contributed by atoms with E-state index in [0.717, 1.165) is 19.3 Å². The summed E-state index contributed by atoms with van der Waals surface area (Å²) in [4.78, 5) is 2.60. The Balaban J connectivity index is 1.48. The summed E-state index contributed by atoms with van der Waals surface area (Å²) in [5, 5.41) is 20.9. The first-order valence-electron chi connectivity index (χ1n) is 11.6. The van der Waals surface area contributed by atoms with Gasteiger partial charge in [0.2, 0.25) is 0 Å². The fourth-order valence-corrected chi connectivity index (χ4v) is 7.99. The van der Waals surface area contributed by atoms with Gasteiger partial charge in [-0.1, -0.05) is 31.6 Å². The van der Waals surface area contributed by atoms with Crippen molar-refractivity contribution in [3.8, 4) is 0 Å². The molecular formula is C25H37NO2. The third-order valence-electron chi connectivity index (χ3n) is 9.38. The number of aliphatic hydroxyl groups excluding tert-OH is 2. The average Bonchev–Trinajstić information content (AvgIpc) is 3.30. The number of rotatable bonds is 2. The lowest BCUT2D eigenvalue weighted by molar-refractivity contribution is -0.0985. The molecule has 0 aromatic heterocycles. The molecule has 4 aliphatic carbocycles. The minimum absolute atomic E-state index is 0.0796. The topological polar surface area (TPSA) is 43.7 Å². The number of hydrogen-bond acceptors (Lipinski definition) is 3. The maximum absolute atomic E-state index is 11.4. The quantitative estimate of drug-likeness (QED) is 0.694. The Labute approximate surface area is 170 Å². The summed E-state index contributed by atoms with van der Waals surface area (Å²) in [6, 6.07) is 0. The normalized spacial score (nSPS) is 46.7. The van der Waals surface area contributed by atoms with Crippen molar-refractivity contribution in [2.75, 3.05) is 19.7 Å². The molecule has 6 atom stereocenters. The van der Waals surface area contributed by atoms with Crippen LogP contribution in [0, 0.1) is 28.6 Å². The van der Waals surface area contributed by atoms with Crippen LogP contribution in [-0.2, 0) is 0 Å². The van der Waals surface area contributed by atoms with E-state index in [4.69, 9.17) is 0 Å². The Hall–Kier alpha value is -1.06. The Morgan fingerprint density at radius 3 is 2.71 bits per heavy atom. The Kier molecular flexibility index (Phi) is 4.56. The van der Waals surface area contributed by atoms with Crippen molar-refractivity contribution in [1.29, 1.82) is 0 Å². The molecule has 1 heterocycles. The van der Waals surface area contributed by atoms with Crippen molar-refractivity contribution in [3.63, 3.8) is 0 Å². The highest BCUT2D eigenvalue weighted by molar-refractivity contribution is 5.38. The standard InChI is InChI=1S/C25H37NO2/c1-24-11-9-19(26-12-3-4-13-26)15-18(24)5-7-20-21-8-6-17(10-14-27)25(21,2)16-22(28)23(20)24/h5,10,15,20-23,27-28H,3-4,6-9,11-14,16H2,1-2H3/b17-10+/t20-,21-,22-,23+,24-,25+/m0/s1. The van der Waals surface area contributed by atoms with Gasteiger partial charge in [-0.3, -0.25) is 0 Å². The summed E-state index contributed by atoms with van der Waals surface area (Å²) in [7, 11) is 0. The number of fused-ring (bicyclic) bond motifs is 5. The molecule has 0 radical (unpaired) electrons. The van der Waals surface area contributed by atoms with Gasteiger partial charge in [0.15, 0.2) is 0 Å². The van der Waals surface area contributed by atoms with Crippen LogP contribution in [0.5, 0.6) is 0 Å². The first-order valence-corrected chi connectivity index (χ1v) is 11.6. The van der Waals surface area contributed by atoms with Crippen LogP contribution in [0.1, 0.15) is 65.2 Å². The molecule has 28 heavy (non-hydrogen) atoms. The molecule has 1 aliphatic heterocycles. The highest BCUT2D eigenvalue weighted by Crippen LogP contribution is 2.65. The van der Waals surface area contributed by atoms with E-state index >= 15 is 0 Å². The van der Waals surface area contributed by atoms with Crippen LogP contribution in [0.2, 0.25) is 0 Å². The van der Waals surface area contributed by atoms with E-state index in [0.29, 0.717) is 17.8 Å². The zero-order chi connectivity index (χ0) is 19.5. The van der Waals surface area contributed by atoms with Gasteiger partial charge in [-0.2, -0.15) is 0 Å². The second-order valence-electron chi connectivity index (χ2n) is 10.6. The largest absolute Gasteiger partial charge is 0.393 e. The van der Waals surface area contributed by atoms with Gasteiger partial charge in [-0.05, 0) is 91.6 Å². The van der Waals surface area contributed by atoms with Crippen LogP contribution in [0.25, 0.3) is 0 Å². The van der Waals surface area contributed by atoms with Gasteiger partial charge in [0, 0.05) is 18.8 Å². The Morgan fingerprint density at radius 2 is 1.96 bits per heavy atom. The number of allylic oxidation sites excluding steroid dienone is 5. The molecule has 1 saturated heterocycles. The van der Waals surface area contributed by atoms with E-state index in [1.54, 1.807) is 5.70 Å². The lowest BCUT2D eigenvalue weighted by atomic mass is 9.47. The van der Waals surface area contributed by atoms with Gasteiger partial charge in [0.05, 0.1) is 12.7 Å². The van der Waals surface area contributed by atoms with E-state index in [9.17, 15) is 10.2 Å². The van der Waals surface area contributed by atoms with Crippen molar-refractivity contribution in [1.82, 2.24) is 4.90 Å². The summed E-state index contributed by atoms with van der Waals surface area (Å²) in [6.45, 7) is 7.39. The minimum Gasteiger partial charge on any atom is -0.393 e. The molecule has 3 nitrogen and oxygen atoms in total. The minimum atomic E-state index is -0.234. The fraction of sp³-hybridized carbons (Fsp3) is 0.760. The molecule has 2 saturated carbocycles. The maximum atomic E-state index is 11.4. The summed E-state index contributed by atoms with van der Waals surface area (Å²) in [5.41, 5.74) is 4.65. The highest BCUT2D eigenvalue weighted by Gasteiger charge is 2.59. The highest BCUT2D eigenvalue weighted by atomic mass is 16.3. The van der Waals surface area contributed by atoms with Crippen molar-refractivity contribution >= 4 is 0 Å². The second-order valence-corrected chi connectivity index (χ2v) is 10.6. The van der Waals surface area contributed by atoms with E-state index < -0.39 is 0 Å². The molecule has 0 unspecified atom stereocenters. The van der Waals surface area contributed by atoms with Gasteiger partial charge >= 0.3 is 0 Å². The zero-order valence-corrected chi connectivity index (χ0v) is 17.7. The number of nitrogens with zero attached hydrogens (tertiary/aromatic N) is 1. The third-order valence-corrected chi connectivity index (χ3v) is 9.38. The van der Waals surface area contributed by atoms with Gasteiger partial charge in [0.25, 0.3) is 0 Å². The maximum Gasteiger partial charge on any atom is 0.0615 e. The van der Waals surface area contributed by atoms with Gasteiger partial charge in [-0.25, -0.2) is 0 Å². The van der Waals surface area contributed by atoms with Crippen molar-refractivity contribution in [2.24, 2.45) is 28.6 Å². The summed E-state index contributed by atoms with van der Waals surface area (Å²) in [5.74, 6) is 1.61. The SMILES string of the molecule is C[C@]12CCC(N3CCCC3)=CC1=CC[C@@H]1[C@@H]2[C@@H](O)C[C@]2(C)/C(=C/CO)CC[C@@H]12. The van der Waals surface area contributed by atoms with Crippen LogP contribution in [0.4, 0.5) is 0 Å². The summed E-state index contributed by atoms with van der Waals surface area (Å²) < 4.78 is 0. The van der Waals surface area contributed by atoms with Crippen LogP contribution in [-0.4, -0.2) is 40.9 Å². The molecule has 0 amide bonds. The van der Waals surface area contributed by atoms with E-state index in [-0.39, 0.29) is 23.5 Å². The molecule has 0 aromatic carbocycles. The number of aliphatic hydroxyl groups is 2. The lowest BCUT2D eigenvalue weighted by Gasteiger charge is -2.58. The molecule has 5 rings (SSSR count). The predicted octanol–water partition coefficient (Wildman–Crippen LogP) is 4.43. The number of likely N-dealkylation sites (tertiary alicyclic amines) is 1. The molecule has 0 spiro atoms. The first kappa shape index (κ1) is 18.9. The predicted molar refractivity (Wildman–Crippen MR) is 113 cm³/mol. The van der Waals surface area contributed by atoms with E-state index in [1.165, 1.54) is 56.3 Å². The van der Waals surface area contributed by atoms with E-state index in [2.05, 4.69) is 30.9 Å². The summed E-state index contributed by atoms with van der Waals surface area (Å²) >= 11 is 0. The van der Waals surface area contributed by atoms with Crippen LogP contribution < -0.4 is 0 Å². The van der Waals surface area contributed by atoms with Crippen LogP contribution in [0.3, 0.4) is 0 Å². The molecule has 3 fully saturated rings. The van der Waals surface area contributed by atoms with Crippen molar-refractivity contribution < 1.29 is 10.2 Å². The average molecular weight is 384 g/mol. The zero-order valence-electron chi connectivity index (χ0n) is 17.7. The molecule has 154 valence electrons. The molecule has 5 aliphatic rings. The lowest BCUT2D eigenvalue weighted by Crippen LogP contribution is -2.55. The molecule has 0 bridgehead atoms. The van der Waals surface area contributed by atoms with Gasteiger partial charge < -0.3 is 15.1 Å². The summed E-state index contributed by atoms with van der Waals surface area (Å²) in [6.07, 6.45) is 16.2.